The molecule has 3 rings (SSSR count). The van der Waals surface area contributed by atoms with E-state index in [0.717, 1.165) is 24.2 Å². The normalized spacial score (nSPS) is 18.4. The zero-order chi connectivity index (χ0) is 19.1. The van der Waals surface area contributed by atoms with Crippen molar-refractivity contribution in [1.29, 1.82) is 0 Å². The third-order valence-electron chi connectivity index (χ3n) is 5.31. The van der Waals surface area contributed by atoms with Crippen molar-refractivity contribution < 1.29 is 19.1 Å². The van der Waals surface area contributed by atoms with E-state index in [4.69, 9.17) is 9.47 Å². The van der Waals surface area contributed by atoms with Crippen LogP contribution in [-0.2, 0) is 14.3 Å². The van der Waals surface area contributed by atoms with Gasteiger partial charge in [0.2, 0.25) is 11.8 Å². The molecule has 1 aromatic rings. The Balaban J connectivity index is 1.34. The van der Waals surface area contributed by atoms with E-state index in [2.05, 4.69) is 0 Å². The van der Waals surface area contributed by atoms with Crippen LogP contribution in [-0.4, -0.2) is 67.6 Å². The molecule has 2 aliphatic heterocycles. The van der Waals surface area contributed by atoms with Crippen molar-refractivity contribution in [2.24, 2.45) is 5.92 Å². The summed E-state index contributed by atoms with van der Waals surface area (Å²) in [5.74, 6) is 1.30. The predicted molar refractivity (Wildman–Crippen MR) is 103 cm³/mol. The van der Waals surface area contributed by atoms with Gasteiger partial charge in [0, 0.05) is 38.5 Å². The lowest BCUT2D eigenvalue weighted by atomic mass is 9.95. The van der Waals surface area contributed by atoms with Gasteiger partial charge in [0.25, 0.3) is 0 Å². The van der Waals surface area contributed by atoms with Crippen LogP contribution in [0.3, 0.4) is 0 Å². The molecule has 1 aromatic carbocycles. The maximum Gasteiger partial charge on any atom is 0.225 e. The molecule has 6 nitrogen and oxygen atoms in total. The van der Waals surface area contributed by atoms with Crippen LogP contribution in [0.4, 0.5) is 0 Å². The first-order valence-electron chi connectivity index (χ1n) is 9.97. The highest BCUT2D eigenvalue weighted by Crippen LogP contribution is 2.21. The van der Waals surface area contributed by atoms with Gasteiger partial charge in [-0.3, -0.25) is 9.59 Å². The van der Waals surface area contributed by atoms with Gasteiger partial charge < -0.3 is 19.3 Å². The van der Waals surface area contributed by atoms with Crippen LogP contribution in [0.25, 0.3) is 0 Å². The summed E-state index contributed by atoms with van der Waals surface area (Å²) in [7, 11) is 0. The van der Waals surface area contributed by atoms with Crippen LogP contribution < -0.4 is 4.74 Å². The molecule has 2 heterocycles. The highest BCUT2D eigenvalue weighted by atomic mass is 16.5. The molecule has 2 amide bonds. The lowest BCUT2D eigenvalue weighted by Crippen LogP contribution is -2.47. The maximum absolute atomic E-state index is 12.5. The fourth-order valence-electron chi connectivity index (χ4n) is 3.69. The first-order chi connectivity index (χ1) is 13.1. The summed E-state index contributed by atoms with van der Waals surface area (Å²) >= 11 is 0. The Morgan fingerprint density at radius 1 is 1.11 bits per heavy atom. The van der Waals surface area contributed by atoms with Crippen LogP contribution in [0.15, 0.2) is 24.3 Å². The van der Waals surface area contributed by atoms with Crippen molar-refractivity contribution in [2.75, 3.05) is 46.0 Å². The first kappa shape index (κ1) is 19.7. The number of benzene rings is 1. The lowest BCUT2D eigenvalue weighted by molar-refractivity contribution is -0.143. The van der Waals surface area contributed by atoms with Crippen LogP contribution in [0.2, 0.25) is 0 Å². The number of piperidine rings is 1. The summed E-state index contributed by atoms with van der Waals surface area (Å²) in [6.07, 6.45) is 2.73. The number of ether oxygens (including phenoxy) is 2. The highest BCUT2D eigenvalue weighted by Gasteiger charge is 2.30. The molecule has 2 fully saturated rings. The van der Waals surface area contributed by atoms with E-state index < -0.39 is 0 Å². The van der Waals surface area contributed by atoms with Crippen molar-refractivity contribution in [3.8, 4) is 5.75 Å². The Bertz CT molecular complexity index is 635. The first-order valence-corrected chi connectivity index (χ1v) is 9.97. The fourth-order valence-corrected chi connectivity index (χ4v) is 3.69. The molecule has 0 radical (unpaired) electrons. The molecule has 0 N–H and O–H groups in total. The smallest absolute Gasteiger partial charge is 0.225 e. The van der Waals surface area contributed by atoms with Gasteiger partial charge >= 0.3 is 0 Å². The second kappa shape index (κ2) is 9.74. The molecule has 27 heavy (non-hydrogen) atoms. The minimum atomic E-state index is 0.0526. The number of likely N-dealkylation sites (tertiary alicyclic amines) is 1. The van der Waals surface area contributed by atoms with Gasteiger partial charge in [-0.1, -0.05) is 12.1 Å². The van der Waals surface area contributed by atoms with Gasteiger partial charge in [0.15, 0.2) is 0 Å². The van der Waals surface area contributed by atoms with E-state index in [1.165, 1.54) is 0 Å². The van der Waals surface area contributed by atoms with E-state index in [1.807, 2.05) is 41.0 Å². The van der Waals surface area contributed by atoms with E-state index in [1.54, 1.807) is 0 Å². The molecular weight excluding hydrogens is 344 g/mol. The molecule has 2 aliphatic rings. The molecule has 0 aromatic heterocycles. The van der Waals surface area contributed by atoms with Crippen LogP contribution in [0, 0.1) is 12.8 Å². The van der Waals surface area contributed by atoms with Crippen LogP contribution in [0.5, 0.6) is 5.75 Å². The van der Waals surface area contributed by atoms with Crippen molar-refractivity contribution >= 4 is 11.8 Å². The Hall–Kier alpha value is -2.08. The molecule has 0 spiro atoms. The monoisotopic (exact) mass is 374 g/mol. The van der Waals surface area contributed by atoms with Crippen molar-refractivity contribution in [3.05, 3.63) is 29.8 Å². The zero-order valence-corrected chi connectivity index (χ0v) is 16.2. The standard InChI is InChI=1S/C21H30N2O4/c1-17-4-2-5-19(16-17)27-13-3-6-20(24)22-9-7-18(8-10-22)21(25)23-11-14-26-15-12-23/h2,4-5,16,18H,3,6-15H2,1H3. The minimum absolute atomic E-state index is 0.0526. The van der Waals surface area contributed by atoms with Gasteiger partial charge in [0.05, 0.1) is 19.8 Å². The van der Waals surface area contributed by atoms with Crippen LogP contribution >= 0.6 is 0 Å². The summed E-state index contributed by atoms with van der Waals surface area (Å²) in [6, 6.07) is 7.94. The average Bonchev–Trinajstić information content (AvgIpc) is 2.71. The number of aryl methyl sites for hydroxylation is 1. The molecule has 0 aliphatic carbocycles. The summed E-state index contributed by atoms with van der Waals surface area (Å²) in [6.45, 7) is 6.58. The third-order valence-corrected chi connectivity index (χ3v) is 5.31. The Morgan fingerprint density at radius 2 is 1.85 bits per heavy atom. The molecule has 0 saturated carbocycles. The number of amides is 2. The summed E-state index contributed by atoms with van der Waals surface area (Å²) in [5.41, 5.74) is 1.16. The van der Waals surface area contributed by atoms with E-state index in [-0.39, 0.29) is 17.7 Å². The van der Waals surface area contributed by atoms with Gasteiger partial charge in [-0.15, -0.1) is 0 Å². The summed E-state index contributed by atoms with van der Waals surface area (Å²) < 4.78 is 11.0. The van der Waals surface area contributed by atoms with Crippen molar-refractivity contribution in [1.82, 2.24) is 9.80 Å². The molecular formula is C21H30N2O4. The lowest BCUT2D eigenvalue weighted by Gasteiger charge is -2.35. The van der Waals surface area contributed by atoms with Gasteiger partial charge in [-0.2, -0.15) is 0 Å². The average molecular weight is 374 g/mol. The number of carbonyl (C=O) groups is 2. The Morgan fingerprint density at radius 3 is 2.56 bits per heavy atom. The summed E-state index contributed by atoms with van der Waals surface area (Å²) in [4.78, 5) is 28.8. The predicted octanol–water partition coefficient (Wildman–Crippen LogP) is 2.25. The number of morpholine rings is 1. The molecule has 0 atom stereocenters. The summed E-state index contributed by atoms with van der Waals surface area (Å²) in [5, 5.41) is 0. The fraction of sp³-hybridized carbons (Fsp3) is 0.619. The van der Waals surface area contributed by atoms with Gasteiger partial charge in [0.1, 0.15) is 5.75 Å². The largest absolute Gasteiger partial charge is 0.494 e. The molecule has 6 heteroatoms. The molecule has 0 unspecified atom stereocenters. The van der Waals surface area contributed by atoms with E-state index >= 15 is 0 Å². The van der Waals surface area contributed by atoms with Crippen molar-refractivity contribution in [3.63, 3.8) is 0 Å². The van der Waals surface area contributed by atoms with E-state index in [0.29, 0.717) is 58.8 Å². The van der Waals surface area contributed by atoms with Gasteiger partial charge in [-0.05, 0) is 43.9 Å². The second-order valence-corrected chi connectivity index (χ2v) is 7.36. The number of rotatable bonds is 6. The number of carbonyl (C=O) groups excluding carboxylic acids is 2. The quantitative estimate of drug-likeness (QED) is 0.717. The number of hydrogen-bond acceptors (Lipinski definition) is 4. The molecule has 0 bridgehead atoms. The molecule has 2 saturated heterocycles. The third kappa shape index (κ3) is 5.70. The Kier molecular flexibility index (Phi) is 7.10. The second-order valence-electron chi connectivity index (χ2n) is 7.36. The number of hydrogen-bond donors (Lipinski definition) is 0. The Labute approximate surface area is 161 Å². The molecule has 148 valence electrons. The number of nitrogens with zero attached hydrogens (tertiary/aromatic N) is 2. The van der Waals surface area contributed by atoms with Gasteiger partial charge in [-0.25, -0.2) is 0 Å². The topological polar surface area (TPSA) is 59.1 Å². The zero-order valence-electron chi connectivity index (χ0n) is 16.2. The minimum Gasteiger partial charge on any atom is -0.494 e. The SMILES string of the molecule is Cc1cccc(OCCCC(=O)N2CCC(C(=O)N3CCOCC3)CC2)c1. The van der Waals surface area contributed by atoms with E-state index in [9.17, 15) is 9.59 Å². The maximum atomic E-state index is 12.5. The van der Waals surface area contributed by atoms with Crippen molar-refractivity contribution in [2.45, 2.75) is 32.6 Å². The highest BCUT2D eigenvalue weighted by molar-refractivity contribution is 5.80. The van der Waals surface area contributed by atoms with Crippen LogP contribution in [0.1, 0.15) is 31.2 Å².